The summed E-state index contributed by atoms with van der Waals surface area (Å²) in [5.74, 6) is -0.202. The van der Waals surface area contributed by atoms with Gasteiger partial charge in [0.1, 0.15) is 36.2 Å². The van der Waals surface area contributed by atoms with Crippen LogP contribution < -0.4 is 5.32 Å². The van der Waals surface area contributed by atoms with E-state index in [4.69, 9.17) is 4.74 Å². The second-order valence-corrected chi connectivity index (χ2v) is 6.40. The van der Waals surface area contributed by atoms with E-state index < -0.39 is 37.0 Å². The highest BCUT2D eigenvalue weighted by Crippen LogP contribution is 2.32. The van der Waals surface area contributed by atoms with Gasteiger partial charge in [0.15, 0.2) is 23.2 Å². The number of fused-ring (bicyclic) bond motifs is 1. The molecule has 0 aliphatic carbocycles. The minimum atomic E-state index is -1.27. The number of nitrogens with one attached hydrogen (secondary N) is 1. The molecular weight excluding hydrogens is 373 g/mol. The van der Waals surface area contributed by atoms with Gasteiger partial charge in [0.05, 0.1) is 12.9 Å². The molecule has 0 amide bonds. The van der Waals surface area contributed by atoms with Crippen molar-refractivity contribution in [2.24, 2.45) is 0 Å². The Hall–Kier alpha value is -2.86. The molecule has 0 saturated carbocycles. The van der Waals surface area contributed by atoms with Crippen molar-refractivity contribution >= 4 is 17.0 Å². The highest BCUT2D eigenvalue weighted by Gasteiger charge is 2.44. The lowest BCUT2D eigenvalue weighted by atomic mass is 10.1. The third kappa shape index (κ3) is 3.14. The zero-order valence-electron chi connectivity index (χ0n) is 14.5. The lowest BCUT2D eigenvalue weighted by molar-refractivity contribution is -0.0511. The van der Waals surface area contributed by atoms with Gasteiger partial charge >= 0.3 is 0 Å². The molecule has 2 aromatic heterocycles. The van der Waals surface area contributed by atoms with Gasteiger partial charge in [-0.05, 0) is 18.2 Å². The van der Waals surface area contributed by atoms with Gasteiger partial charge in [-0.15, -0.1) is 0 Å². The molecule has 148 valence electrons. The maximum Gasteiger partial charge on any atom is 0.167 e. The molecule has 1 aromatic carbocycles. The summed E-state index contributed by atoms with van der Waals surface area (Å²) in [6.07, 6.45) is -1.77. The first-order valence-corrected chi connectivity index (χ1v) is 8.51. The number of ether oxygens (including phenoxy) is 1. The molecule has 0 bridgehead atoms. The average Bonchev–Trinajstić information content (AvgIpc) is 3.24. The molecule has 1 unspecified atom stereocenters. The summed E-state index contributed by atoms with van der Waals surface area (Å²) in [5.41, 5.74) is 1.03. The lowest BCUT2D eigenvalue weighted by Crippen LogP contribution is -2.33. The number of hydrogen-bond acceptors (Lipinski definition) is 9. The molecular formula is C17H18FN5O5. The number of anilines is 1. The molecule has 3 heterocycles. The standard InChI is InChI=1S/C17H18FN5O5/c18-9-1-2-10(25)8(3-9)4-19-15-12-16(21-6-20-15)23(7-22-12)17-14(27)13(26)11(5-24)28-17/h1-3,6-7,11,13-14,17,24-27H,4-5H2,(H,19,20,21)/t11-,13-,14+,17?/m1/s1. The van der Waals surface area contributed by atoms with Crippen molar-refractivity contribution in [2.75, 3.05) is 11.9 Å². The molecule has 1 aliphatic rings. The zero-order valence-corrected chi connectivity index (χ0v) is 14.5. The number of phenols is 1. The van der Waals surface area contributed by atoms with Gasteiger partial charge in [0.25, 0.3) is 0 Å². The maximum absolute atomic E-state index is 13.4. The van der Waals surface area contributed by atoms with Crippen molar-refractivity contribution in [3.63, 3.8) is 0 Å². The summed E-state index contributed by atoms with van der Waals surface area (Å²) in [6.45, 7) is -0.351. The number of rotatable bonds is 5. The molecule has 0 spiro atoms. The number of halogens is 1. The Morgan fingerprint density at radius 2 is 2.00 bits per heavy atom. The highest BCUT2D eigenvalue weighted by molar-refractivity contribution is 5.82. The van der Waals surface area contributed by atoms with E-state index in [0.29, 0.717) is 22.5 Å². The largest absolute Gasteiger partial charge is 0.508 e. The minimum Gasteiger partial charge on any atom is -0.508 e. The topological polar surface area (TPSA) is 146 Å². The van der Waals surface area contributed by atoms with Crippen molar-refractivity contribution in [3.8, 4) is 5.75 Å². The van der Waals surface area contributed by atoms with Crippen LogP contribution in [0.1, 0.15) is 11.8 Å². The number of aliphatic hydroxyl groups excluding tert-OH is 3. The van der Waals surface area contributed by atoms with E-state index in [2.05, 4.69) is 20.3 Å². The van der Waals surface area contributed by atoms with Crippen LogP contribution in [0.5, 0.6) is 5.75 Å². The van der Waals surface area contributed by atoms with Crippen LogP contribution in [0, 0.1) is 5.82 Å². The summed E-state index contributed by atoms with van der Waals surface area (Å²) in [4.78, 5) is 12.5. The van der Waals surface area contributed by atoms with E-state index in [-0.39, 0.29) is 12.3 Å². The number of phenolic OH excluding ortho intramolecular Hbond substituents is 1. The first-order valence-electron chi connectivity index (χ1n) is 8.51. The number of aliphatic hydroxyl groups is 3. The molecule has 1 fully saturated rings. The fourth-order valence-corrected chi connectivity index (χ4v) is 3.15. The molecule has 5 N–H and O–H groups in total. The van der Waals surface area contributed by atoms with Crippen LogP contribution in [0.15, 0.2) is 30.9 Å². The van der Waals surface area contributed by atoms with Crippen molar-refractivity contribution in [2.45, 2.75) is 31.1 Å². The Kier molecular flexibility index (Phi) is 4.81. The van der Waals surface area contributed by atoms with E-state index in [9.17, 15) is 24.8 Å². The Balaban J connectivity index is 1.61. The molecule has 0 radical (unpaired) electrons. The Bertz CT molecular complexity index is 999. The van der Waals surface area contributed by atoms with E-state index in [1.807, 2.05) is 0 Å². The van der Waals surface area contributed by atoms with E-state index >= 15 is 0 Å². The highest BCUT2D eigenvalue weighted by atomic mass is 19.1. The lowest BCUT2D eigenvalue weighted by Gasteiger charge is -2.16. The summed E-state index contributed by atoms with van der Waals surface area (Å²) < 4.78 is 20.3. The summed E-state index contributed by atoms with van der Waals surface area (Å²) >= 11 is 0. The predicted molar refractivity (Wildman–Crippen MR) is 93.7 cm³/mol. The monoisotopic (exact) mass is 391 g/mol. The van der Waals surface area contributed by atoms with Crippen LogP contribution in [-0.4, -0.2) is 64.9 Å². The smallest absolute Gasteiger partial charge is 0.167 e. The fraction of sp³-hybridized carbons (Fsp3) is 0.353. The van der Waals surface area contributed by atoms with E-state index in [1.54, 1.807) is 0 Å². The SMILES string of the molecule is OC[C@H]1OC(n2cnc3c(NCc4cc(F)ccc4O)ncnc32)[C@@H](O)[C@@H]1O. The molecule has 4 rings (SSSR count). The Morgan fingerprint density at radius 3 is 2.75 bits per heavy atom. The summed E-state index contributed by atoms with van der Waals surface area (Å²) in [6, 6.07) is 3.63. The van der Waals surface area contributed by atoms with Gasteiger partial charge in [-0.2, -0.15) is 0 Å². The number of imidazole rings is 1. The second-order valence-electron chi connectivity index (χ2n) is 6.40. The van der Waals surface area contributed by atoms with Gasteiger partial charge < -0.3 is 30.5 Å². The first kappa shape index (κ1) is 18.5. The van der Waals surface area contributed by atoms with Crippen LogP contribution in [0.25, 0.3) is 11.2 Å². The molecule has 28 heavy (non-hydrogen) atoms. The van der Waals surface area contributed by atoms with Crippen molar-refractivity contribution in [1.82, 2.24) is 19.5 Å². The zero-order chi connectivity index (χ0) is 19.8. The molecule has 1 aliphatic heterocycles. The number of nitrogens with zero attached hydrogens (tertiary/aromatic N) is 4. The van der Waals surface area contributed by atoms with Gasteiger partial charge in [-0.25, -0.2) is 19.3 Å². The van der Waals surface area contributed by atoms with Gasteiger partial charge in [-0.1, -0.05) is 0 Å². The predicted octanol–water partition coefficient (Wildman–Crippen LogP) is -0.105. The van der Waals surface area contributed by atoms with E-state index in [0.717, 1.165) is 6.07 Å². The van der Waals surface area contributed by atoms with Gasteiger partial charge in [0.2, 0.25) is 0 Å². The van der Waals surface area contributed by atoms with Crippen molar-refractivity contribution in [1.29, 1.82) is 0 Å². The summed E-state index contributed by atoms with van der Waals surface area (Å²) in [7, 11) is 0. The van der Waals surface area contributed by atoms with Crippen LogP contribution in [0.2, 0.25) is 0 Å². The number of aromatic hydroxyl groups is 1. The number of aromatic nitrogens is 4. The Labute approximate surface area is 157 Å². The van der Waals surface area contributed by atoms with Crippen molar-refractivity contribution < 1.29 is 29.6 Å². The molecule has 11 heteroatoms. The fourth-order valence-electron chi connectivity index (χ4n) is 3.15. The molecule has 1 saturated heterocycles. The first-order chi connectivity index (χ1) is 13.5. The maximum atomic E-state index is 13.4. The third-order valence-corrected chi connectivity index (χ3v) is 4.64. The van der Waals surface area contributed by atoms with Crippen LogP contribution in [0.3, 0.4) is 0 Å². The molecule has 4 atom stereocenters. The van der Waals surface area contributed by atoms with E-state index in [1.165, 1.54) is 29.4 Å². The molecule has 10 nitrogen and oxygen atoms in total. The normalized spacial score (nSPS) is 24.7. The van der Waals surface area contributed by atoms with Gasteiger partial charge in [-0.3, -0.25) is 4.57 Å². The average molecular weight is 391 g/mol. The van der Waals surface area contributed by atoms with Crippen molar-refractivity contribution in [3.05, 3.63) is 42.2 Å². The second kappa shape index (κ2) is 7.28. The van der Waals surface area contributed by atoms with Gasteiger partial charge in [0, 0.05) is 12.1 Å². The van der Waals surface area contributed by atoms with Crippen LogP contribution in [0.4, 0.5) is 10.2 Å². The quantitative estimate of drug-likeness (QED) is 0.402. The Morgan fingerprint density at radius 1 is 1.18 bits per heavy atom. The summed E-state index contributed by atoms with van der Waals surface area (Å²) in [5, 5.41) is 42.2. The molecule has 3 aromatic rings. The minimum absolute atomic E-state index is 0.0590. The van der Waals surface area contributed by atoms with Crippen LogP contribution in [-0.2, 0) is 11.3 Å². The number of hydrogen-bond donors (Lipinski definition) is 5. The number of benzene rings is 1. The third-order valence-electron chi connectivity index (χ3n) is 4.64. The van der Waals surface area contributed by atoms with Crippen LogP contribution >= 0.6 is 0 Å².